The molecule has 0 fully saturated rings. The first kappa shape index (κ1) is 13.7. The molecule has 0 saturated heterocycles. The van der Waals surface area contributed by atoms with E-state index < -0.39 is 5.97 Å². The average molecular weight is 272 g/mol. The molecule has 0 aliphatic heterocycles. The number of para-hydroxylation sites is 1. The van der Waals surface area contributed by atoms with Gasteiger partial charge in [0.05, 0.1) is 24.0 Å². The molecule has 0 heterocycles. The molecule has 0 aromatic heterocycles. The maximum atomic E-state index is 11.2. The summed E-state index contributed by atoms with van der Waals surface area (Å²) in [5.41, 5.74) is 8.50. The van der Waals surface area contributed by atoms with E-state index >= 15 is 0 Å². The topological polar surface area (TPSA) is 84.6 Å². The zero-order valence-corrected chi connectivity index (χ0v) is 11.3. The maximum absolute atomic E-state index is 11.2. The van der Waals surface area contributed by atoms with Gasteiger partial charge in [-0.1, -0.05) is 6.07 Å². The quantitative estimate of drug-likeness (QED) is 0.745. The van der Waals surface area contributed by atoms with Crippen molar-refractivity contribution in [2.75, 3.05) is 18.2 Å². The first-order valence-corrected chi connectivity index (χ1v) is 6.06. The van der Waals surface area contributed by atoms with E-state index in [1.165, 1.54) is 6.07 Å². The molecule has 0 atom stereocenters. The highest BCUT2D eigenvalue weighted by molar-refractivity contribution is 5.98. The summed E-state index contributed by atoms with van der Waals surface area (Å²) in [5.74, 6) is -0.279. The van der Waals surface area contributed by atoms with Gasteiger partial charge < -0.3 is 20.9 Å². The number of rotatable bonds is 4. The number of carboxylic acid groups (broad SMARTS) is 1. The van der Waals surface area contributed by atoms with Gasteiger partial charge in [0, 0.05) is 5.69 Å². The summed E-state index contributed by atoms with van der Waals surface area (Å²) >= 11 is 0. The Kier molecular flexibility index (Phi) is 3.79. The van der Waals surface area contributed by atoms with Crippen LogP contribution >= 0.6 is 0 Å². The van der Waals surface area contributed by atoms with Crippen molar-refractivity contribution in [2.45, 2.75) is 6.92 Å². The van der Waals surface area contributed by atoms with Gasteiger partial charge in [-0.3, -0.25) is 0 Å². The van der Waals surface area contributed by atoms with Crippen molar-refractivity contribution in [3.8, 4) is 5.75 Å². The number of carboxylic acids is 1. The number of hydrogen-bond donors (Lipinski definition) is 3. The molecule has 0 radical (unpaired) electrons. The third-order valence-corrected chi connectivity index (χ3v) is 3.02. The van der Waals surface area contributed by atoms with Crippen molar-refractivity contribution in [1.29, 1.82) is 0 Å². The van der Waals surface area contributed by atoms with Crippen LogP contribution in [-0.4, -0.2) is 18.2 Å². The first-order valence-electron chi connectivity index (χ1n) is 6.06. The van der Waals surface area contributed by atoms with Gasteiger partial charge in [-0.2, -0.15) is 0 Å². The minimum absolute atomic E-state index is 0.139. The number of carbonyl (C=O) groups is 1. The van der Waals surface area contributed by atoms with E-state index in [1.54, 1.807) is 25.3 Å². The second kappa shape index (κ2) is 5.52. The monoisotopic (exact) mass is 272 g/mol. The Labute approximate surface area is 117 Å². The minimum Gasteiger partial charge on any atom is -0.497 e. The number of nitrogens with two attached hydrogens (primary N) is 1. The van der Waals surface area contributed by atoms with Crippen LogP contribution in [0.25, 0.3) is 0 Å². The lowest BCUT2D eigenvalue weighted by Crippen LogP contribution is -2.06. The standard InChI is InChI=1S/C15H16N2O3/c1-9-8-10(20-2)6-7-13(9)17-14-11(15(18)19)4-3-5-12(14)16/h3-8,17H,16H2,1-2H3,(H,18,19). The molecule has 20 heavy (non-hydrogen) atoms. The van der Waals surface area contributed by atoms with Crippen molar-refractivity contribution >= 4 is 23.0 Å². The summed E-state index contributed by atoms with van der Waals surface area (Å²) in [6, 6.07) is 10.3. The van der Waals surface area contributed by atoms with Crippen LogP contribution in [0.2, 0.25) is 0 Å². The third kappa shape index (κ3) is 2.66. The first-order chi connectivity index (χ1) is 9.52. The molecule has 0 bridgehead atoms. The van der Waals surface area contributed by atoms with E-state index in [1.807, 2.05) is 19.1 Å². The Bertz CT molecular complexity index is 654. The molecule has 2 aromatic rings. The number of anilines is 3. The van der Waals surface area contributed by atoms with Crippen LogP contribution in [0.5, 0.6) is 5.75 Å². The van der Waals surface area contributed by atoms with Crippen molar-refractivity contribution in [2.24, 2.45) is 0 Å². The van der Waals surface area contributed by atoms with Gasteiger partial charge >= 0.3 is 5.97 Å². The Balaban J connectivity index is 2.42. The van der Waals surface area contributed by atoms with Gasteiger partial charge in [0.1, 0.15) is 5.75 Å². The van der Waals surface area contributed by atoms with E-state index in [0.29, 0.717) is 11.4 Å². The van der Waals surface area contributed by atoms with E-state index in [2.05, 4.69) is 5.32 Å². The molecule has 4 N–H and O–H groups in total. The molecule has 2 rings (SSSR count). The summed E-state index contributed by atoms with van der Waals surface area (Å²) in [4.78, 5) is 11.2. The highest BCUT2D eigenvalue weighted by Gasteiger charge is 2.13. The maximum Gasteiger partial charge on any atom is 0.337 e. The third-order valence-electron chi connectivity index (χ3n) is 3.02. The Morgan fingerprint density at radius 1 is 1.30 bits per heavy atom. The van der Waals surface area contributed by atoms with Gasteiger partial charge in [0.2, 0.25) is 0 Å². The minimum atomic E-state index is -1.02. The fraction of sp³-hybridized carbons (Fsp3) is 0.133. The highest BCUT2D eigenvalue weighted by Crippen LogP contribution is 2.30. The van der Waals surface area contributed by atoms with Crippen molar-refractivity contribution in [1.82, 2.24) is 0 Å². The van der Waals surface area contributed by atoms with Crippen LogP contribution in [0.3, 0.4) is 0 Å². The van der Waals surface area contributed by atoms with Crippen molar-refractivity contribution < 1.29 is 14.6 Å². The second-order valence-corrected chi connectivity index (χ2v) is 4.38. The molecule has 0 amide bonds. The van der Waals surface area contributed by atoms with Gasteiger partial charge in [0.15, 0.2) is 0 Å². The van der Waals surface area contributed by atoms with Crippen molar-refractivity contribution in [3.63, 3.8) is 0 Å². The molecule has 2 aromatic carbocycles. The average Bonchev–Trinajstić information content (AvgIpc) is 2.42. The van der Waals surface area contributed by atoms with Crippen molar-refractivity contribution in [3.05, 3.63) is 47.5 Å². The predicted octanol–water partition coefficient (Wildman–Crippen LogP) is 3.03. The number of benzene rings is 2. The van der Waals surface area contributed by atoms with Crippen LogP contribution in [0.15, 0.2) is 36.4 Å². The van der Waals surface area contributed by atoms with Gasteiger partial charge in [0.25, 0.3) is 0 Å². The molecule has 5 nitrogen and oxygen atoms in total. The zero-order chi connectivity index (χ0) is 14.7. The summed E-state index contributed by atoms with van der Waals surface area (Å²) in [7, 11) is 1.60. The fourth-order valence-electron chi connectivity index (χ4n) is 1.93. The summed E-state index contributed by atoms with van der Waals surface area (Å²) in [6.07, 6.45) is 0. The highest BCUT2D eigenvalue weighted by atomic mass is 16.5. The summed E-state index contributed by atoms with van der Waals surface area (Å²) in [5, 5.41) is 12.3. The smallest absolute Gasteiger partial charge is 0.337 e. The molecular formula is C15H16N2O3. The van der Waals surface area contributed by atoms with Gasteiger partial charge in [-0.25, -0.2) is 4.79 Å². The number of nitrogen functional groups attached to an aromatic ring is 1. The second-order valence-electron chi connectivity index (χ2n) is 4.38. The number of methoxy groups -OCH3 is 1. The molecule has 0 saturated carbocycles. The van der Waals surface area contributed by atoms with Crippen LogP contribution in [0.1, 0.15) is 15.9 Å². The Morgan fingerprint density at radius 3 is 2.65 bits per heavy atom. The van der Waals surface area contributed by atoms with E-state index in [9.17, 15) is 9.90 Å². The predicted molar refractivity (Wildman–Crippen MR) is 78.8 cm³/mol. The Hall–Kier alpha value is -2.69. The number of ether oxygens (including phenoxy) is 1. The van der Waals surface area contributed by atoms with E-state index in [4.69, 9.17) is 10.5 Å². The number of aromatic carboxylic acids is 1. The lowest BCUT2D eigenvalue weighted by molar-refractivity contribution is 0.0698. The van der Waals surface area contributed by atoms with Crippen LogP contribution in [0, 0.1) is 6.92 Å². The van der Waals surface area contributed by atoms with Gasteiger partial charge in [-0.05, 0) is 42.8 Å². The lowest BCUT2D eigenvalue weighted by atomic mass is 10.1. The van der Waals surface area contributed by atoms with Crippen LogP contribution in [0.4, 0.5) is 17.1 Å². The lowest BCUT2D eigenvalue weighted by Gasteiger charge is -2.14. The normalized spacial score (nSPS) is 10.1. The van der Waals surface area contributed by atoms with E-state index in [-0.39, 0.29) is 5.56 Å². The van der Waals surface area contributed by atoms with Crippen LogP contribution < -0.4 is 15.8 Å². The molecule has 0 aliphatic rings. The molecule has 5 heteroatoms. The molecule has 0 spiro atoms. The number of hydrogen-bond acceptors (Lipinski definition) is 4. The Morgan fingerprint density at radius 2 is 2.05 bits per heavy atom. The number of aryl methyl sites for hydroxylation is 1. The molecule has 104 valence electrons. The molecule has 0 unspecified atom stereocenters. The van der Waals surface area contributed by atoms with E-state index in [0.717, 1.165) is 17.0 Å². The largest absolute Gasteiger partial charge is 0.497 e. The van der Waals surface area contributed by atoms with Gasteiger partial charge in [-0.15, -0.1) is 0 Å². The molecule has 0 aliphatic carbocycles. The molecular weight excluding hydrogens is 256 g/mol. The van der Waals surface area contributed by atoms with Crippen LogP contribution in [-0.2, 0) is 0 Å². The fourth-order valence-corrected chi connectivity index (χ4v) is 1.93. The summed E-state index contributed by atoms with van der Waals surface area (Å²) in [6.45, 7) is 1.91. The number of nitrogens with one attached hydrogen (secondary N) is 1. The summed E-state index contributed by atoms with van der Waals surface area (Å²) < 4.78 is 5.14. The SMILES string of the molecule is COc1ccc(Nc2c(N)cccc2C(=O)O)c(C)c1. The zero-order valence-electron chi connectivity index (χ0n) is 11.3.